The van der Waals surface area contributed by atoms with E-state index >= 15 is 0 Å². The molecule has 0 saturated carbocycles. The number of furan rings is 1. The summed E-state index contributed by atoms with van der Waals surface area (Å²) in [6.07, 6.45) is 0. The van der Waals surface area contributed by atoms with Crippen molar-refractivity contribution in [1.29, 1.82) is 0 Å². The van der Waals surface area contributed by atoms with Gasteiger partial charge < -0.3 is 18.3 Å². The molecule has 0 aliphatic carbocycles. The van der Waals surface area contributed by atoms with E-state index in [1.54, 1.807) is 18.2 Å². The Kier molecular flexibility index (Phi) is 4.61. The molecular weight excluding hydrogens is 324 g/mol. The number of carbonyl (C=O) groups excluding carboxylic acids is 1. The molecule has 130 valence electrons. The Morgan fingerprint density at radius 1 is 1.12 bits per heavy atom. The molecule has 0 bridgehead atoms. The molecule has 0 aliphatic rings. The molecule has 0 amide bonds. The van der Waals surface area contributed by atoms with Crippen molar-refractivity contribution in [2.24, 2.45) is 0 Å². The summed E-state index contributed by atoms with van der Waals surface area (Å²) in [6.45, 7) is 4.18. The van der Waals surface area contributed by atoms with Gasteiger partial charge in [0.1, 0.15) is 23.7 Å². The smallest absolute Gasteiger partial charge is 0.373 e. The summed E-state index contributed by atoms with van der Waals surface area (Å²) >= 11 is 0. The number of benzene rings is 1. The second kappa shape index (κ2) is 6.84. The summed E-state index contributed by atoms with van der Waals surface area (Å²) in [5.41, 5.74) is 1.03. The van der Waals surface area contributed by atoms with E-state index in [0.717, 1.165) is 10.9 Å². The van der Waals surface area contributed by atoms with Crippen LogP contribution in [-0.4, -0.2) is 13.1 Å². The Morgan fingerprint density at radius 2 is 1.92 bits per heavy atom. The van der Waals surface area contributed by atoms with Crippen LogP contribution in [0.1, 0.15) is 41.6 Å². The zero-order chi connectivity index (χ0) is 18.0. The Hall–Kier alpha value is -3.02. The van der Waals surface area contributed by atoms with Crippen LogP contribution in [0.3, 0.4) is 0 Å². The Morgan fingerprint density at radius 3 is 2.64 bits per heavy atom. The molecule has 0 saturated heterocycles. The van der Waals surface area contributed by atoms with Gasteiger partial charge >= 0.3 is 11.6 Å². The lowest BCUT2D eigenvalue weighted by atomic mass is 10.00. The predicted molar refractivity (Wildman–Crippen MR) is 91.0 cm³/mol. The van der Waals surface area contributed by atoms with Gasteiger partial charge in [0.25, 0.3) is 0 Å². The molecule has 3 rings (SSSR count). The van der Waals surface area contributed by atoms with Gasteiger partial charge in [-0.05, 0) is 35.7 Å². The molecule has 25 heavy (non-hydrogen) atoms. The van der Waals surface area contributed by atoms with Crippen molar-refractivity contribution in [3.63, 3.8) is 0 Å². The van der Waals surface area contributed by atoms with Crippen LogP contribution in [0.25, 0.3) is 11.0 Å². The molecule has 6 heteroatoms. The van der Waals surface area contributed by atoms with E-state index in [1.807, 2.05) is 19.9 Å². The summed E-state index contributed by atoms with van der Waals surface area (Å²) in [5.74, 6) is 0.802. The van der Waals surface area contributed by atoms with Crippen LogP contribution in [0.4, 0.5) is 0 Å². The van der Waals surface area contributed by atoms with Gasteiger partial charge in [0.15, 0.2) is 0 Å². The summed E-state index contributed by atoms with van der Waals surface area (Å²) in [5, 5.41) is 0.882. The minimum Gasteiger partial charge on any atom is -0.486 e. The lowest BCUT2D eigenvalue weighted by molar-refractivity contribution is 0.0561. The van der Waals surface area contributed by atoms with Crippen LogP contribution in [0.2, 0.25) is 0 Å². The maximum Gasteiger partial charge on any atom is 0.373 e. The zero-order valence-corrected chi connectivity index (χ0v) is 14.2. The van der Waals surface area contributed by atoms with E-state index in [0.29, 0.717) is 17.1 Å². The molecule has 0 atom stereocenters. The fraction of sp³-hybridized carbons (Fsp3) is 0.263. The lowest BCUT2D eigenvalue weighted by Gasteiger charge is -2.10. The van der Waals surface area contributed by atoms with E-state index in [-0.39, 0.29) is 23.9 Å². The van der Waals surface area contributed by atoms with Crippen molar-refractivity contribution < 1.29 is 23.1 Å². The van der Waals surface area contributed by atoms with Crippen molar-refractivity contribution in [3.8, 4) is 5.75 Å². The average molecular weight is 342 g/mol. The van der Waals surface area contributed by atoms with E-state index in [4.69, 9.17) is 13.6 Å². The lowest BCUT2D eigenvalue weighted by Crippen LogP contribution is -2.02. The third kappa shape index (κ3) is 3.57. The van der Waals surface area contributed by atoms with Crippen molar-refractivity contribution in [2.45, 2.75) is 26.4 Å². The Labute approximate surface area is 144 Å². The number of hydrogen-bond acceptors (Lipinski definition) is 6. The molecule has 0 unspecified atom stereocenters. The summed E-state index contributed by atoms with van der Waals surface area (Å²) in [7, 11) is 1.29. The molecule has 0 spiro atoms. The molecule has 0 aliphatic heterocycles. The Balaban J connectivity index is 1.81. The average Bonchev–Trinajstić information content (AvgIpc) is 3.07. The first-order valence-electron chi connectivity index (χ1n) is 7.85. The van der Waals surface area contributed by atoms with Crippen molar-refractivity contribution >= 4 is 16.9 Å². The van der Waals surface area contributed by atoms with Gasteiger partial charge in [-0.2, -0.15) is 0 Å². The second-order valence-electron chi connectivity index (χ2n) is 5.88. The van der Waals surface area contributed by atoms with Crippen LogP contribution < -0.4 is 10.4 Å². The van der Waals surface area contributed by atoms with E-state index in [9.17, 15) is 9.59 Å². The van der Waals surface area contributed by atoms with Crippen LogP contribution in [0.15, 0.2) is 50.0 Å². The highest BCUT2D eigenvalue weighted by Crippen LogP contribution is 2.27. The number of methoxy groups -OCH3 is 1. The van der Waals surface area contributed by atoms with Crippen molar-refractivity contribution in [3.05, 3.63) is 63.9 Å². The van der Waals surface area contributed by atoms with E-state index in [2.05, 4.69) is 4.74 Å². The van der Waals surface area contributed by atoms with Gasteiger partial charge in [-0.15, -0.1) is 0 Å². The first-order chi connectivity index (χ1) is 12.0. The third-order valence-electron chi connectivity index (χ3n) is 3.80. The number of hydrogen-bond donors (Lipinski definition) is 0. The highest BCUT2D eigenvalue weighted by molar-refractivity contribution is 5.86. The molecular formula is C19H18O6. The molecule has 6 nitrogen and oxygen atoms in total. The minimum absolute atomic E-state index is 0.118. The number of rotatable bonds is 5. The number of carbonyl (C=O) groups is 1. The topological polar surface area (TPSA) is 78.9 Å². The molecule has 2 heterocycles. The maximum absolute atomic E-state index is 11.7. The summed E-state index contributed by atoms with van der Waals surface area (Å²) in [4.78, 5) is 23.1. The van der Waals surface area contributed by atoms with Crippen LogP contribution in [0.5, 0.6) is 5.75 Å². The third-order valence-corrected chi connectivity index (χ3v) is 3.80. The molecule has 0 N–H and O–H groups in total. The van der Waals surface area contributed by atoms with E-state index in [1.165, 1.54) is 19.2 Å². The number of fused-ring (bicyclic) bond motifs is 1. The van der Waals surface area contributed by atoms with Crippen LogP contribution in [-0.2, 0) is 11.3 Å². The SMILES string of the molecule is COC(=O)c1ccc(COc2ccc3c(C(C)C)cc(=O)oc3c2)o1. The molecule has 0 radical (unpaired) electrons. The maximum atomic E-state index is 11.7. The largest absolute Gasteiger partial charge is 0.486 e. The highest BCUT2D eigenvalue weighted by atomic mass is 16.5. The first kappa shape index (κ1) is 16.8. The summed E-state index contributed by atoms with van der Waals surface area (Å²) in [6, 6.07) is 10.0. The molecule has 0 fully saturated rings. The van der Waals surface area contributed by atoms with Gasteiger partial charge in [-0.25, -0.2) is 9.59 Å². The predicted octanol–water partition coefficient (Wildman–Crippen LogP) is 3.88. The second-order valence-corrected chi connectivity index (χ2v) is 5.88. The quantitative estimate of drug-likeness (QED) is 0.517. The Bertz CT molecular complexity index is 963. The first-order valence-corrected chi connectivity index (χ1v) is 7.85. The van der Waals surface area contributed by atoms with Crippen molar-refractivity contribution in [2.75, 3.05) is 7.11 Å². The van der Waals surface area contributed by atoms with Crippen molar-refractivity contribution in [1.82, 2.24) is 0 Å². The number of esters is 1. The number of ether oxygens (including phenoxy) is 2. The molecule has 3 aromatic rings. The van der Waals surface area contributed by atoms with Gasteiger partial charge in [-0.3, -0.25) is 0 Å². The fourth-order valence-corrected chi connectivity index (χ4v) is 2.56. The zero-order valence-electron chi connectivity index (χ0n) is 14.2. The normalized spacial score (nSPS) is 11.0. The van der Waals surface area contributed by atoms with Gasteiger partial charge in [0, 0.05) is 17.5 Å². The minimum atomic E-state index is -0.542. The molecule has 2 aromatic heterocycles. The standard InChI is InChI=1S/C19H18O6/c1-11(2)15-9-18(20)25-17-8-12(4-6-14(15)17)23-10-13-5-7-16(24-13)19(21)22-3/h4-9,11H,10H2,1-3H3. The van der Waals surface area contributed by atoms with E-state index < -0.39 is 5.97 Å². The van der Waals surface area contributed by atoms with Gasteiger partial charge in [0.05, 0.1) is 7.11 Å². The molecule has 1 aromatic carbocycles. The van der Waals surface area contributed by atoms with Gasteiger partial charge in [0.2, 0.25) is 5.76 Å². The fourth-order valence-electron chi connectivity index (χ4n) is 2.56. The van der Waals surface area contributed by atoms with Crippen LogP contribution >= 0.6 is 0 Å². The summed E-state index contributed by atoms with van der Waals surface area (Å²) < 4.78 is 20.9. The van der Waals surface area contributed by atoms with Gasteiger partial charge in [-0.1, -0.05) is 13.8 Å². The van der Waals surface area contributed by atoms with Crippen LogP contribution in [0, 0.1) is 0 Å². The monoisotopic (exact) mass is 342 g/mol. The highest BCUT2D eigenvalue weighted by Gasteiger charge is 2.12.